The van der Waals surface area contributed by atoms with Crippen LogP contribution in [0.25, 0.3) is 0 Å². The van der Waals surface area contributed by atoms with Crippen molar-refractivity contribution in [1.29, 1.82) is 0 Å². The van der Waals surface area contributed by atoms with Gasteiger partial charge in [0.1, 0.15) is 0 Å². The second kappa shape index (κ2) is 4.11. The zero-order valence-electron chi connectivity index (χ0n) is 4.31. The zero-order chi connectivity index (χ0) is 6.41. The summed E-state index contributed by atoms with van der Waals surface area (Å²) in [5.41, 5.74) is 4.65. The van der Waals surface area contributed by atoms with Crippen LogP contribution < -0.4 is 11.1 Å². The van der Waals surface area contributed by atoms with Gasteiger partial charge in [0.25, 0.3) is 0 Å². The number of amides is 2. The lowest BCUT2D eigenvalue weighted by Crippen LogP contribution is -2.30. The number of carbonyl (C=O) groups excluding carboxylic acids is 2. The fourth-order valence-electron chi connectivity index (χ4n) is 0.237. The molecule has 8 heavy (non-hydrogen) atoms. The van der Waals surface area contributed by atoms with E-state index in [1.54, 1.807) is 6.29 Å². The topological polar surface area (TPSA) is 72.2 Å². The summed E-state index contributed by atoms with van der Waals surface area (Å²) in [7, 11) is 0. The van der Waals surface area contributed by atoms with Gasteiger partial charge >= 0.3 is 6.03 Å². The number of nitrogens with one attached hydrogen (secondary N) is 1. The lowest BCUT2D eigenvalue weighted by atomic mass is 10.5. The lowest BCUT2D eigenvalue weighted by Gasteiger charge is -1.92. The standard InChI is InChI=1S/C4H7N2O2/c5-4(8)6-2-1-3-7/h1-2H2,(H3,5,6,8). The minimum Gasteiger partial charge on any atom is -0.352 e. The fourth-order valence-corrected chi connectivity index (χ4v) is 0.237. The Labute approximate surface area is 47.0 Å². The summed E-state index contributed by atoms with van der Waals surface area (Å²) in [6, 6.07) is -0.611. The Bertz CT molecular complexity index is 92.0. The van der Waals surface area contributed by atoms with Gasteiger partial charge < -0.3 is 11.1 Å². The first-order chi connectivity index (χ1) is 3.77. The van der Waals surface area contributed by atoms with E-state index >= 15 is 0 Å². The van der Waals surface area contributed by atoms with Gasteiger partial charge in [0.15, 0.2) is 6.29 Å². The van der Waals surface area contributed by atoms with Gasteiger partial charge in [0.2, 0.25) is 0 Å². The molecule has 0 fully saturated rings. The first-order valence-corrected chi connectivity index (χ1v) is 2.15. The van der Waals surface area contributed by atoms with Crippen molar-refractivity contribution >= 4 is 12.3 Å². The molecule has 0 rings (SSSR count). The summed E-state index contributed by atoms with van der Waals surface area (Å²) in [6.07, 6.45) is 1.80. The van der Waals surface area contributed by atoms with Gasteiger partial charge in [0.05, 0.1) is 0 Å². The van der Waals surface area contributed by atoms with Crippen LogP contribution >= 0.6 is 0 Å². The first kappa shape index (κ1) is 6.94. The average molecular weight is 115 g/mol. The molecule has 0 aromatic carbocycles. The van der Waals surface area contributed by atoms with Crippen LogP contribution in [-0.2, 0) is 4.79 Å². The minimum absolute atomic E-state index is 0.197. The maximum Gasteiger partial charge on any atom is 0.312 e. The Morgan fingerprint density at radius 2 is 2.38 bits per heavy atom. The molecular weight excluding hydrogens is 108 g/mol. The predicted octanol–water partition coefficient (Wildman–Crippen LogP) is -0.845. The van der Waals surface area contributed by atoms with Gasteiger partial charge in [-0.05, 0) is 0 Å². The van der Waals surface area contributed by atoms with E-state index in [0.29, 0.717) is 0 Å². The average Bonchev–Trinajstić information content (AvgIpc) is 1.66. The van der Waals surface area contributed by atoms with Gasteiger partial charge in [-0.1, -0.05) is 0 Å². The van der Waals surface area contributed by atoms with Gasteiger partial charge in [-0.2, -0.15) is 0 Å². The van der Waals surface area contributed by atoms with Crippen LogP contribution in [0.2, 0.25) is 0 Å². The van der Waals surface area contributed by atoms with Crippen molar-refractivity contribution in [2.24, 2.45) is 5.73 Å². The molecule has 0 aliphatic carbocycles. The van der Waals surface area contributed by atoms with E-state index in [9.17, 15) is 9.59 Å². The number of urea groups is 1. The number of rotatable bonds is 3. The van der Waals surface area contributed by atoms with Crippen molar-refractivity contribution in [3.8, 4) is 0 Å². The van der Waals surface area contributed by atoms with E-state index in [1.165, 1.54) is 0 Å². The Kier molecular flexibility index (Phi) is 3.56. The molecule has 0 aliphatic rings. The van der Waals surface area contributed by atoms with Crippen molar-refractivity contribution in [1.82, 2.24) is 5.32 Å². The summed E-state index contributed by atoms with van der Waals surface area (Å²) in [6.45, 7) is 0.277. The van der Waals surface area contributed by atoms with Crippen LogP contribution in [0, 0.1) is 0 Å². The van der Waals surface area contributed by atoms with Gasteiger partial charge in [-0.25, -0.2) is 4.79 Å². The Morgan fingerprint density at radius 1 is 1.75 bits per heavy atom. The van der Waals surface area contributed by atoms with E-state index < -0.39 is 6.03 Å². The molecule has 0 unspecified atom stereocenters. The monoisotopic (exact) mass is 115 g/mol. The van der Waals surface area contributed by atoms with Crippen molar-refractivity contribution in [2.75, 3.05) is 6.54 Å². The first-order valence-electron chi connectivity index (χ1n) is 2.15. The summed E-state index contributed by atoms with van der Waals surface area (Å²) in [4.78, 5) is 19.3. The molecule has 0 aromatic heterocycles. The third kappa shape index (κ3) is 4.94. The highest BCUT2D eigenvalue weighted by atomic mass is 16.2. The van der Waals surface area contributed by atoms with Crippen molar-refractivity contribution < 1.29 is 9.59 Å². The van der Waals surface area contributed by atoms with E-state index in [0.717, 1.165) is 0 Å². The fraction of sp³-hybridized carbons (Fsp3) is 0.500. The Morgan fingerprint density at radius 3 is 2.75 bits per heavy atom. The van der Waals surface area contributed by atoms with E-state index in [4.69, 9.17) is 0 Å². The van der Waals surface area contributed by atoms with Crippen molar-refractivity contribution in [3.63, 3.8) is 0 Å². The van der Waals surface area contributed by atoms with Crippen LogP contribution in [0.4, 0.5) is 4.79 Å². The van der Waals surface area contributed by atoms with Gasteiger partial charge in [-0.15, -0.1) is 0 Å². The second-order valence-electron chi connectivity index (χ2n) is 1.19. The molecule has 0 saturated heterocycles. The molecule has 1 radical (unpaired) electrons. The van der Waals surface area contributed by atoms with E-state index in [2.05, 4.69) is 11.1 Å². The smallest absolute Gasteiger partial charge is 0.312 e. The second-order valence-corrected chi connectivity index (χ2v) is 1.19. The van der Waals surface area contributed by atoms with Gasteiger partial charge in [-0.3, -0.25) is 4.79 Å². The molecule has 0 aromatic rings. The maximum atomic E-state index is 9.86. The highest BCUT2D eigenvalue weighted by molar-refractivity contribution is 5.71. The third-order valence-corrected chi connectivity index (χ3v) is 0.526. The van der Waals surface area contributed by atoms with Crippen LogP contribution in [0.5, 0.6) is 0 Å². The molecule has 3 N–H and O–H groups in total. The summed E-state index contributed by atoms with van der Waals surface area (Å²) >= 11 is 0. The Hall–Kier alpha value is -1.06. The molecule has 0 aliphatic heterocycles. The Balaban J connectivity index is 2.93. The van der Waals surface area contributed by atoms with Crippen LogP contribution in [0.15, 0.2) is 0 Å². The number of carbonyl (C=O) groups is 1. The third-order valence-electron chi connectivity index (χ3n) is 0.526. The quantitative estimate of drug-likeness (QED) is 0.470. The molecule has 4 heteroatoms. The molecule has 45 valence electrons. The highest BCUT2D eigenvalue weighted by Crippen LogP contribution is 1.64. The molecule has 0 bridgehead atoms. The number of hydrogen-bond acceptors (Lipinski definition) is 2. The number of primary amides is 1. The SMILES string of the molecule is NC(=O)NCC[C]=O. The number of hydrogen-bond donors (Lipinski definition) is 2. The lowest BCUT2D eigenvalue weighted by molar-refractivity contribution is 0.249. The largest absolute Gasteiger partial charge is 0.352 e. The zero-order valence-corrected chi connectivity index (χ0v) is 4.31. The summed E-state index contributed by atoms with van der Waals surface area (Å²) in [5.74, 6) is 0. The van der Waals surface area contributed by atoms with Crippen LogP contribution in [-0.4, -0.2) is 18.9 Å². The van der Waals surface area contributed by atoms with Crippen LogP contribution in [0.1, 0.15) is 6.42 Å². The summed E-state index contributed by atoms with van der Waals surface area (Å²) < 4.78 is 0. The van der Waals surface area contributed by atoms with E-state index in [-0.39, 0.29) is 13.0 Å². The number of nitrogens with two attached hydrogens (primary N) is 1. The molecular formula is C4H7N2O2. The van der Waals surface area contributed by atoms with Crippen LogP contribution in [0.3, 0.4) is 0 Å². The maximum absolute atomic E-state index is 9.86. The molecule has 0 spiro atoms. The summed E-state index contributed by atoms with van der Waals surface area (Å²) in [5, 5.41) is 2.22. The molecule has 4 nitrogen and oxygen atoms in total. The normalized spacial score (nSPS) is 8.00. The molecule has 0 saturated carbocycles. The highest BCUT2D eigenvalue weighted by Gasteiger charge is 1.87. The molecule has 0 heterocycles. The van der Waals surface area contributed by atoms with Crippen molar-refractivity contribution in [3.05, 3.63) is 0 Å². The van der Waals surface area contributed by atoms with Crippen molar-refractivity contribution in [2.45, 2.75) is 6.42 Å². The van der Waals surface area contributed by atoms with Gasteiger partial charge in [0, 0.05) is 13.0 Å². The van der Waals surface area contributed by atoms with E-state index in [1.807, 2.05) is 0 Å². The molecule has 0 atom stereocenters. The minimum atomic E-state index is -0.611. The molecule has 2 amide bonds. The predicted molar refractivity (Wildman–Crippen MR) is 27.9 cm³/mol.